The summed E-state index contributed by atoms with van der Waals surface area (Å²) >= 11 is 0. The number of benzene rings is 1. The van der Waals surface area contributed by atoms with E-state index in [1.807, 2.05) is 0 Å². The van der Waals surface area contributed by atoms with Gasteiger partial charge in [-0.05, 0) is 57.7 Å². The van der Waals surface area contributed by atoms with E-state index in [0.29, 0.717) is 12.5 Å². The largest absolute Gasteiger partial charge is 0.353 e. The van der Waals surface area contributed by atoms with Crippen molar-refractivity contribution in [1.82, 2.24) is 10.6 Å². The lowest BCUT2D eigenvalue weighted by Crippen LogP contribution is -2.42. The molecule has 0 saturated carbocycles. The van der Waals surface area contributed by atoms with E-state index in [0.717, 1.165) is 45.2 Å². The van der Waals surface area contributed by atoms with Gasteiger partial charge in [-0.15, -0.1) is 0 Å². The van der Waals surface area contributed by atoms with Crippen molar-refractivity contribution in [3.63, 3.8) is 0 Å². The second-order valence-corrected chi connectivity index (χ2v) is 5.78. The Balaban J connectivity index is 1.58. The zero-order valence-electron chi connectivity index (χ0n) is 12.5. The van der Waals surface area contributed by atoms with E-state index in [1.165, 1.54) is 11.1 Å². The van der Waals surface area contributed by atoms with Crippen molar-refractivity contribution in [3.8, 4) is 0 Å². The lowest BCUT2D eigenvalue weighted by atomic mass is 10.0. The summed E-state index contributed by atoms with van der Waals surface area (Å²) in [4.78, 5) is 11.8. The summed E-state index contributed by atoms with van der Waals surface area (Å²) in [6.07, 6.45) is 5.92. The van der Waals surface area contributed by atoms with Crippen molar-refractivity contribution in [3.05, 3.63) is 35.4 Å². The standard InChI is InChI=1S/C17H26N2O/c1-14-6-8-15(9-7-14)4-2-3-5-17(20)19-16-10-12-18-13-11-16/h6-9,16,18H,2-5,10-13H2,1H3,(H,19,20). The minimum Gasteiger partial charge on any atom is -0.353 e. The molecule has 2 N–H and O–H groups in total. The molecule has 0 aliphatic carbocycles. The molecular weight excluding hydrogens is 248 g/mol. The smallest absolute Gasteiger partial charge is 0.220 e. The molecule has 2 rings (SSSR count). The van der Waals surface area contributed by atoms with Gasteiger partial charge in [0.15, 0.2) is 0 Å². The molecule has 1 saturated heterocycles. The Morgan fingerprint density at radius 3 is 2.60 bits per heavy atom. The Kier molecular flexibility index (Phi) is 6.06. The molecule has 1 amide bonds. The highest BCUT2D eigenvalue weighted by molar-refractivity contribution is 5.76. The zero-order chi connectivity index (χ0) is 14.2. The normalized spacial score (nSPS) is 16.1. The molecule has 110 valence electrons. The topological polar surface area (TPSA) is 41.1 Å². The Labute approximate surface area is 122 Å². The number of rotatable bonds is 6. The van der Waals surface area contributed by atoms with Crippen molar-refractivity contribution < 1.29 is 4.79 Å². The molecule has 1 aromatic rings. The number of carbonyl (C=O) groups excluding carboxylic acids is 1. The van der Waals surface area contributed by atoms with Gasteiger partial charge in [-0.3, -0.25) is 4.79 Å². The van der Waals surface area contributed by atoms with E-state index < -0.39 is 0 Å². The number of unbranched alkanes of at least 4 members (excludes halogenated alkanes) is 1. The minimum atomic E-state index is 0.223. The van der Waals surface area contributed by atoms with Crippen molar-refractivity contribution in [2.24, 2.45) is 0 Å². The van der Waals surface area contributed by atoms with Gasteiger partial charge in [0.2, 0.25) is 5.91 Å². The maximum atomic E-state index is 11.8. The lowest BCUT2D eigenvalue weighted by Gasteiger charge is -2.23. The summed E-state index contributed by atoms with van der Waals surface area (Å²) in [6, 6.07) is 9.06. The van der Waals surface area contributed by atoms with Crippen LogP contribution in [0.4, 0.5) is 0 Å². The summed E-state index contributed by atoms with van der Waals surface area (Å²) in [5.74, 6) is 0.223. The first-order valence-corrected chi connectivity index (χ1v) is 7.79. The fraction of sp³-hybridized carbons (Fsp3) is 0.588. The molecule has 1 aliphatic heterocycles. The molecule has 0 bridgehead atoms. The number of aryl methyl sites for hydroxylation is 2. The Hall–Kier alpha value is -1.35. The molecule has 1 aliphatic rings. The van der Waals surface area contributed by atoms with Gasteiger partial charge in [-0.2, -0.15) is 0 Å². The molecule has 0 aromatic heterocycles. The van der Waals surface area contributed by atoms with Crippen LogP contribution in [-0.2, 0) is 11.2 Å². The predicted octanol–water partition coefficient (Wildman–Crippen LogP) is 2.58. The van der Waals surface area contributed by atoms with Crippen LogP contribution in [0.3, 0.4) is 0 Å². The molecule has 1 heterocycles. The van der Waals surface area contributed by atoms with E-state index in [1.54, 1.807) is 0 Å². The molecule has 0 unspecified atom stereocenters. The highest BCUT2D eigenvalue weighted by Crippen LogP contribution is 2.09. The fourth-order valence-corrected chi connectivity index (χ4v) is 2.64. The van der Waals surface area contributed by atoms with Gasteiger partial charge in [-0.25, -0.2) is 0 Å². The maximum Gasteiger partial charge on any atom is 0.220 e. The van der Waals surface area contributed by atoms with Crippen LogP contribution in [0, 0.1) is 6.92 Å². The fourth-order valence-electron chi connectivity index (χ4n) is 2.64. The molecule has 20 heavy (non-hydrogen) atoms. The van der Waals surface area contributed by atoms with Crippen LogP contribution in [-0.4, -0.2) is 25.0 Å². The first-order chi connectivity index (χ1) is 9.74. The average molecular weight is 274 g/mol. The van der Waals surface area contributed by atoms with Gasteiger partial charge < -0.3 is 10.6 Å². The predicted molar refractivity (Wildman–Crippen MR) is 82.8 cm³/mol. The van der Waals surface area contributed by atoms with Gasteiger partial charge in [0.05, 0.1) is 0 Å². The van der Waals surface area contributed by atoms with E-state index in [-0.39, 0.29) is 5.91 Å². The monoisotopic (exact) mass is 274 g/mol. The van der Waals surface area contributed by atoms with Crippen LogP contribution >= 0.6 is 0 Å². The molecule has 0 radical (unpaired) electrons. The number of piperidine rings is 1. The summed E-state index contributed by atoms with van der Waals surface area (Å²) < 4.78 is 0. The van der Waals surface area contributed by atoms with E-state index >= 15 is 0 Å². The molecule has 3 nitrogen and oxygen atoms in total. The number of nitrogens with one attached hydrogen (secondary N) is 2. The van der Waals surface area contributed by atoms with Crippen LogP contribution in [0.1, 0.15) is 43.2 Å². The molecular formula is C17H26N2O. The second-order valence-electron chi connectivity index (χ2n) is 5.78. The highest BCUT2D eigenvalue weighted by Gasteiger charge is 2.14. The molecule has 0 spiro atoms. The van der Waals surface area contributed by atoms with E-state index in [2.05, 4.69) is 41.8 Å². The lowest BCUT2D eigenvalue weighted by molar-refractivity contribution is -0.122. The van der Waals surface area contributed by atoms with Crippen LogP contribution in [0.2, 0.25) is 0 Å². The number of amides is 1. The van der Waals surface area contributed by atoms with Crippen LogP contribution in [0.5, 0.6) is 0 Å². The van der Waals surface area contributed by atoms with Gasteiger partial charge >= 0.3 is 0 Å². The summed E-state index contributed by atoms with van der Waals surface area (Å²) in [7, 11) is 0. The Morgan fingerprint density at radius 2 is 1.90 bits per heavy atom. The third kappa shape index (κ3) is 5.33. The van der Waals surface area contributed by atoms with Crippen LogP contribution in [0.15, 0.2) is 24.3 Å². The first kappa shape index (κ1) is 15.0. The summed E-state index contributed by atoms with van der Waals surface area (Å²) in [5, 5.41) is 6.46. The van der Waals surface area contributed by atoms with Gasteiger partial charge in [0, 0.05) is 12.5 Å². The van der Waals surface area contributed by atoms with Crippen molar-refractivity contribution >= 4 is 5.91 Å². The molecule has 1 fully saturated rings. The molecule has 1 aromatic carbocycles. The third-order valence-corrected chi connectivity index (χ3v) is 3.94. The Bertz CT molecular complexity index is 408. The van der Waals surface area contributed by atoms with Crippen molar-refractivity contribution in [2.75, 3.05) is 13.1 Å². The highest BCUT2D eigenvalue weighted by atomic mass is 16.1. The van der Waals surface area contributed by atoms with Crippen molar-refractivity contribution in [1.29, 1.82) is 0 Å². The van der Waals surface area contributed by atoms with Crippen LogP contribution in [0.25, 0.3) is 0 Å². The quantitative estimate of drug-likeness (QED) is 0.783. The van der Waals surface area contributed by atoms with E-state index in [9.17, 15) is 4.79 Å². The van der Waals surface area contributed by atoms with Gasteiger partial charge in [-0.1, -0.05) is 29.8 Å². The Morgan fingerprint density at radius 1 is 1.20 bits per heavy atom. The number of hydrogen-bond acceptors (Lipinski definition) is 2. The summed E-state index contributed by atoms with van der Waals surface area (Å²) in [6.45, 7) is 4.16. The SMILES string of the molecule is Cc1ccc(CCCCC(=O)NC2CCNCC2)cc1. The first-order valence-electron chi connectivity index (χ1n) is 7.79. The van der Waals surface area contributed by atoms with Gasteiger partial charge in [0.1, 0.15) is 0 Å². The molecule has 0 atom stereocenters. The van der Waals surface area contributed by atoms with E-state index in [4.69, 9.17) is 0 Å². The molecule has 3 heteroatoms. The second kappa shape index (κ2) is 8.05. The third-order valence-electron chi connectivity index (χ3n) is 3.94. The van der Waals surface area contributed by atoms with Gasteiger partial charge in [0.25, 0.3) is 0 Å². The summed E-state index contributed by atoms with van der Waals surface area (Å²) in [5.41, 5.74) is 2.67. The zero-order valence-corrected chi connectivity index (χ0v) is 12.5. The van der Waals surface area contributed by atoms with Crippen molar-refractivity contribution in [2.45, 2.75) is 51.5 Å². The number of hydrogen-bond donors (Lipinski definition) is 2. The average Bonchev–Trinajstić information content (AvgIpc) is 2.46. The van der Waals surface area contributed by atoms with Crippen LogP contribution < -0.4 is 10.6 Å². The number of carbonyl (C=O) groups is 1. The maximum absolute atomic E-state index is 11.8. The minimum absolute atomic E-state index is 0.223.